The normalized spacial score (nSPS) is 15.9. The molecular weight excluding hydrogens is 360 g/mol. The van der Waals surface area contributed by atoms with Crippen LogP contribution < -0.4 is 5.56 Å². The van der Waals surface area contributed by atoms with Crippen LogP contribution in [0.25, 0.3) is 5.69 Å². The minimum absolute atomic E-state index is 0.00270. The molecule has 0 fully saturated rings. The summed E-state index contributed by atoms with van der Waals surface area (Å²) in [6.07, 6.45) is 0.912. The number of rotatable bonds is 2. The molecule has 4 rings (SSSR count). The largest absolute Gasteiger partial charge is 0.294 e. The van der Waals surface area contributed by atoms with E-state index in [-0.39, 0.29) is 17.3 Å². The number of benzene rings is 2. The molecule has 0 N–H and O–H groups in total. The van der Waals surface area contributed by atoms with Gasteiger partial charge in [-0.15, -0.1) is 0 Å². The smallest absolute Gasteiger partial charge is 0.273 e. The van der Waals surface area contributed by atoms with Gasteiger partial charge >= 0.3 is 0 Å². The molecule has 0 radical (unpaired) electrons. The number of fused-ring (bicyclic) bond motifs is 1. The molecule has 132 valence electrons. The Labute approximate surface area is 161 Å². The van der Waals surface area contributed by atoms with Crippen LogP contribution in [0.1, 0.15) is 39.5 Å². The van der Waals surface area contributed by atoms with Crippen molar-refractivity contribution in [2.45, 2.75) is 18.8 Å². The fourth-order valence-electron chi connectivity index (χ4n) is 3.64. The lowest BCUT2D eigenvalue weighted by Crippen LogP contribution is -2.31. The van der Waals surface area contributed by atoms with Gasteiger partial charge in [-0.05, 0) is 48.2 Å². The summed E-state index contributed by atoms with van der Waals surface area (Å²) in [6.45, 7) is 0. The van der Waals surface area contributed by atoms with Crippen molar-refractivity contribution in [1.29, 1.82) is 5.26 Å². The number of aromatic nitrogens is 1. The molecule has 1 unspecified atom stereocenters. The first-order valence-corrected chi connectivity index (χ1v) is 8.99. The van der Waals surface area contributed by atoms with Crippen LogP contribution in [0.4, 0.5) is 0 Å². The van der Waals surface area contributed by atoms with E-state index in [1.807, 2.05) is 36.4 Å². The van der Waals surface area contributed by atoms with Gasteiger partial charge < -0.3 is 0 Å². The van der Waals surface area contributed by atoms with Crippen LogP contribution in [-0.2, 0) is 6.42 Å². The van der Waals surface area contributed by atoms with Gasteiger partial charge in [0.2, 0.25) is 0 Å². The summed E-state index contributed by atoms with van der Waals surface area (Å²) in [4.78, 5) is 25.7. The number of nitriles is 1. The second kappa shape index (κ2) is 6.86. The highest BCUT2D eigenvalue weighted by Gasteiger charge is 2.30. The summed E-state index contributed by atoms with van der Waals surface area (Å²) in [5, 5.41) is 9.91. The number of pyridine rings is 1. The van der Waals surface area contributed by atoms with E-state index in [2.05, 4.69) is 0 Å². The van der Waals surface area contributed by atoms with E-state index in [1.54, 1.807) is 24.3 Å². The zero-order valence-electron chi connectivity index (χ0n) is 14.4. The zero-order chi connectivity index (χ0) is 19.0. The minimum atomic E-state index is -0.417. The molecule has 0 aliphatic heterocycles. The van der Waals surface area contributed by atoms with Crippen molar-refractivity contribution in [1.82, 2.24) is 4.57 Å². The Hall–Kier alpha value is -3.16. The Morgan fingerprint density at radius 3 is 2.37 bits per heavy atom. The molecule has 1 aliphatic rings. The quantitative estimate of drug-likeness (QED) is 0.672. The molecule has 27 heavy (non-hydrogen) atoms. The Morgan fingerprint density at radius 1 is 1.00 bits per heavy atom. The minimum Gasteiger partial charge on any atom is -0.294 e. The van der Waals surface area contributed by atoms with E-state index < -0.39 is 5.56 Å². The highest BCUT2D eigenvalue weighted by molar-refractivity contribution is 6.30. The number of halogens is 1. The van der Waals surface area contributed by atoms with Crippen LogP contribution in [0.3, 0.4) is 0 Å². The highest BCUT2D eigenvalue weighted by Crippen LogP contribution is 2.33. The molecular formula is C22H15ClN2O2. The van der Waals surface area contributed by atoms with Gasteiger partial charge in [0.25, 0.3) is 5.56 Å². The molecule has 0 bridgehead atoms. The maximum absolute atomic E-state index is 12.9. The average Bonchev–Trinajstić information content (AvgIpc) is 2.69. The van der Waals surface area contributed by atoms with Crippen molar-refractivity contribution in [3.05, 3.63) is 98.4 Å². The first kappa shape index (κ1) is 17.3. The van der Waals surface area contributed by atoms with E-state index in [0.29, 0.717) is 34.8 Å². The standard InChI is InChI=1S/C22H15ClN2O2/c23-17-6-8-18(9-7-17)25-20-11-15(14-4-2-1-3-5-14)12-21(26)19(20)10-16(13-24)22(25)27/h1-10,15H,11-12H2. The lowest BCUT2D eigenvalue weighted by atomic mass is 9.81. The molecule has 3 aromatic rings. The summed E-state index contributed by atoms with van der Waals surface area (Å²) in [7, 11) is 0. The molecule has 0 saturated heterocycles. The van der Waals surface area contributed by atoms with Crippen LogP contribution in [0, 0.1) is 11.3 Å². The number of hydrogen-bond donors (Lipinski definition) is 0. The maximum Gasteiger partial charge on any atom is 0.273 e. The van der Waals surface area contributed by atoms with Crippen LogP contribution >= 0.6 is 11.6 Å². The third-order valence-electron chi connectivity index (χ3n) is 4.95. The Balaban J connectivity index is 1.94. The lowest BCUT2D eigenvalue weighted by molar-refractivity contribution is 0.0962. The van der Waals surface area contributed by atoms with Crippen LogP contribution in [0.5, 0.6) is 0 Å². The Kier molecular flexibility index (Phi) is 4.39. The monoisotopic (exact) mass is 374 g/mol. The van der Waals surface area contributed by atoms with Gasteiger partial charge in [0.05, 0.1) is 0 Å². The molecule has 0 amide bonds. The van der Waals surface area contributed by atoms with E-state index >= 15 is 0 Å². The zero-order valence-corrected chi connectivity index (χ0v) is 15.1. The number of nitrogens with zero attached hydrogens (tertiary/aromatic N) is 2. The summed E-state index contributed by atoms with van der Waals surface area (Å²) < 4.78 is 1.48. The maximum atomic E-state index is 12.9. The van der Waals surface area contributed by atoms with Gasteiger partial charge in [-0.3, -0.25) is 14.2 Å². The van der Waals surface area contributed by atoms with Gasteiger partial charge in [0, 0.05) is 28.4 Å². The van der Waals surface area contributed by atoms with Crippen molar-refractivity contribution in [3.8, 4) is 11.8 Å². The lowest BCUT2D eigenvalue weighted by Gasteiger charge is -2.27. The van der Waals surface area contributed by atoms with E-state index in [0.717, 1.165) is 5.56 Å². The molecule has 1 atom stereocenters. The molecule has 5 heteroatoms. The van der Waals surface area contributed by atoms with Gasteiger partial charge in [-0.2, -0.15) is 5.26 Å². The third kappa shape index (κ3) is 3.07. The molecule has 0 spiro atoms. The van der Waals surface area contributed by atoms with Crippen molar-refractivity contribution in [2.24, 2.45) is 0 Å². The molecule has 1 aromatic heterocycles. The fraction of sp³-hybridized carbons (Fsp3) is 0.136. The van der Waals surface area contributed by atoms with Crippen LogP contribution in [0.15, 0.2) is 65.5 Å². The molecule has 2 aromatic carbocycles. The Morgan fingerprint density at radius 2 is 1.70 bits per heavy atom. The number of hydrogen-bond acceptors (Lipinski definition) is 3. The van der Waals surface area contributed by atoms with Gasteiger partial charge in [-0.25, -0.2) is 0 Å². The topological polar surface area (TPSA) is 62.9 Å². The SMILES string of the molecule is N#Cc1cc2c(n(-c3ccc(Cl)cc3)c1=O)CC(c1ccccc1)CC2=O. The highest BCUT2D eigenvalue weighted by atomic mass is 35.5. The number of carbonyl (C=O) groups excluding carboxylic acids is 1. The van der Waals surface area contributed by atoms with Gasteiger partial charge in [-0.1, -0.05) is 41.9 Å². The van der Waals surface area contributed by atoms with E-state index in [9.17, 15) is 14.9 Å². The molecule has 1 heterocycles. The van der Waals surface area contributed by atoms with Crippen molar-refractivity contribution >= 4 is 17.4 Å². The van der Waals surface area contributed by atoms with Crippen molar-refractivity contribution in [3.63, 3.8) is 0 Å². The van der Waals surface area contributed by atoms with Crippen LogP contribution in [0.2, 0.25) is 5.02 Å². The van der Waals surface area contributed by atoms with Crippen molar-refractivity contribution in [2.75, 3.05) is 0 Å². The molecule has 4 nitrogen and oxygen atoms in total. The van der Waals surface area contributed by atoms with E-state index in [1.165, 1.54) is 10.6 Å². The predicted octanol–water partition coefficient (Wildman–Crippen LogP) is 4.28. The number of Topliss-reactive ketones (excluding diaryl/α,β-unsaturated/α-hetero) is 1. The summed E-state index contributed by atoms with van der Waals surface area (Å²) in [6, 6.07) is 20.0. The second-order valence-electron chi connectivity index (χ2n) is 6.59. The van der Waals surface area contributed by atoms with E-state index in [4.69, 9.17) is 11.6 Å². The van der Waals surface area contributed by atoms with Gasteiger partial charge in [0.15, 0.2) is 5.78 Å². The number of carbonyl (C=O) groups is 1. The second-order valence-corrected chi connectivity index (χ2v) is 7.02. The molecule has 1 aliphatic carbocycles. The summed E-state index contributed by atoms with van der Waals surface area (Å²) in [5.74, 6) is -0.0543. The first-order chi connectivity index (χ1) is 13.1. The first-order valence-electron chi connectivity index (χ1n) is 8.61. The fourth-order valence-corrected chi connectivity index (χ4v) is 3.77. The summed E-state index contributed by atoms with van der Waals surface area (Å²) >= 11 is 5.97. The summed E-state index contributed by atoms with van der Waals surface area (Å²) in [5.41, 5.74) is 2.31. The third-order valence-corrected chi connectivity index (χ3v) is 5.20. The molecule has 0 saturated carbocycles. The average molecular weight is 375 g/mol. The van der Waals surface area contributed by atoms with Gasteiger partial charge in [0.1, 0.15) is 11.6 Å². The Bertz CT molecular complexity index is 1130. The van der Waals surface area contributed by atoms with Crippen LogP contribution in [-0.4, -0.2) is 10.4 Å². The predicted molar refractivity (Wildman–Crippen MR) is 104 cm³/mol. The van der Waals surface area contributed by atoms with Crippen molar-refractivity contribution < 1.29 is 4.79 Å². The number of ketones is 1.